The van der Waals surface area contributed by atoms with Crippen LogP contribution in [0.5, 0.6) is 0 Å². The fraction of sp³-hybridized carbons (Fsp3) is 0.933. The summed E-state index contributed by atoms with van der Waals surface area (Å²) in [6.07, 6.45) is 3.66. The second kappa shape index (κ2) is 8.41. The van der Waals surface area contributed by atoms with E-state index in [1.165, 1.54) is 12.8 Å². The van der Waals surface area contributed by atoms with Crippen LogP contribution in [-0.4, -0.2) is 49.6 Å². The third kappa shape index (κ3) is 6.81. The third-order valence-corrected chi connectivity index (χ3v) is 3.85. The predicted octanol–water partition coefficient (Wildman–Crippen LogP) is 2.07. The highest BCUT2D eigenvalue weighted by atomic mass is 15.2. The maximum Gasteiger partial charge on any atom is 0.191 e. The van der Waals surface area contributed by atoms with E-state index in [2.05, 4.69) is 55.3 Å². The van der Waals surface area contributed by atoms with Crippen LogP contribution in [0.15, 0.2) is 4.99 Å². The standard InChI is InChI=1S/C15H32N4/c1-6-16-15(18-14-11-13(14)4)17-9-7-8-10-19(5)12(2)3/h12-14H,6-11H2,1-5H3,(H2,16,17,18). The van der Waals surface area contributed by atoms with E-state index in [0.29, 0.717) is 12.1 Å². The Balaban J connectivity index is 2.16. The fourth-order valence-electron chi connectivity index (χ4n) is 1.94. The molecule has 2 N–H and O–H groups in total. The van der Waals surface area contributed by atoms with Crippen molar-refractivity contribution >= 4 is 5.96 Å². The molecule has 0 aromatic carbocycles. The summed E-state index contributed by atoms with van der Waals surface area (Å²) in [7, 11) is 2.19. The molecule has 1 saturated carbocycles. The predicted molar refractivity (Wildman–Crippen MR) is 83.7 cm³/mol. The lowest BCUT2D eigenvalue weighted by atomic mass is 10.2. The number of aliphatic imine (C=N–C) groups is 1. The summed E-state index contributed by atoms with van der Waals surface area (Å²) >= 11 is 0. The summed E-state index contributed by atoms with van der Waals surface area (Å²) < 4.78 is 0. The van der Waals surface area contributed by atoms with Crippen molar-refractivity contribution in [2.75, 3.05) is 26.7 Å². The molecule has 0 saturated heterocycles. The Bertz CT molecular complexity index is 275. The molecule has 0 spiro atoms. The van der Waals surface area contributed by atoms with Crippen molar-refractivity contribution < 1.29 is 0 Å². The zero-order valence-electron chi connectivity index (χ0n) is 13.4. The highest BCUT2D eigenvalue weighted by Crippen LogP contribution is 2.28. The molecule has 112 valence electrons. The number of nitrogens with one attached hydrogen (secondary N) is 2. The van der Waals surface area contributed by atoms with Crippen LogP contribution in [0.1, 0.15) is 47.0 Å². The summed E-state index contributed by atoms with van der Waals surface area (Å²) in [6.45, 7) is 11.9. The Labute approximate surface area is 119 Å². The molecule has 0 amide bonds. The first-order valence-electron chi connectivity index (χ1n) is 7.79. The Morgan fingerprint density at radius 2 is 2.05 bits per heavy atom. The monoisotopic (exact) mass is 268 g/mol. The van der Waals surface area contributed by atoms with Gasteiger partial charge in [-0.1, -0.05) is 6.92 Å². The maximum atomic E-state index is 4.65. The molecule has 2 unspecified atom stereocenters. The SMILES string of the molecule is CCNC(=NCCCCN(C)C(C)C)NC1CC1C. The molecule has 4 heteroatoms. The molecule has 0 heterocycles. The van der Waals surface area contributed by atoms with Crippen LogP contribution in [0.4, 0.5) is 0 Å². The minimum absolute atomic E-state index is 0.638. The number of guanidine groups is 1. The van der Waals surface area contributed by atoms with Gasteiger partial charge in [0.05, 0.1) is 0 Å². The first-order chi connectivity index (χ1) is 9.04. The lowest BCUT2D eigenvalue weighted by Crippen LogP contribution is -2.39. The van der Waals surface area contributed by atoms with Crippen molar-refractivity contribution in [2.45, 2.75) is 59.0 Å². The summed E-state index contributed by atoms with van der Waals surface area (Å²) in [6, 6.07) is 1.28. The van der Waals surface area contributed by atoms with Crippen molar-refractivity contribution in [1.82, 2.24) is 15.5 Å². The summed E-state index contributed by atoms with van der Waals surface area (Å²) in [5, 5.41) is 6.81. The molecule has 0 aromatic heterocycles. The second-order valence-corrected chi connectivity index (χ2v) is 6.01. The molecule has 1 aliphatic rings. The average molecular weight is 268 g/mol. The summed E-state index contributed by atoms with van der Waals surface area (Å²) in [4.78, 5) is 7.03. The van der Waals surface area contributed by atoms with E-state index in [-0.39, 0.29) is 0 Å². The fourth-order valence-corrected chi connectivity index (χ4v) is 1.94. The topological polar surface area (TPSA) is 39.7 Å². The Morgan fingerprint density at radius 1 is 1.37 bits per heavy atom. The molecule has 0 aromatic rings. The van der Waals surface area contributed by atoms with Gasteiger partial charge in [0.25, 0.3) is 0 Å². The van der Waals surface area contributed by atoms with Crippen molar-refractivity contribution in [2.24, 2.45) is 10.9 Å². The highest BCUT2D eigenvalue weighted by Gasteiger charge is 2.33. The van der Waals surface area contributed by atoms with Crippen LogP contribution in [0.2, 0.25) is 0 Å². The minimum Gasteiger partial charge on any atom is -0.357 e. The number of hydrogen-bond donors (Lipinski definition) is 2. The van der Waals surface area contributed by atoms with Gasteiger partial charge in [-0.05, 0) is 59.5 Å². The van der Waals surface area contributed by atoms with Crippen molar-refractivity contribution in [3.05, 3.63) is 0 Å². The van der Waals surface area contributed by atoms with Crippen LogP contribution in [0.25, 0.3) is 0 Å². The zero-order valence-corrected chi connectivity index (χ0v) is 13.4. The quantitative estimate of drug-likeness (QED) is 0.402. The van der Waals surface area contributed by atoms with Crippen LogP contribution < -0.4 is 10.6 Å². The van der Waals surface area contributed by atoms with Gasteiger partial charge < -0.3 is 15.5 Å². The molecule has 1 rings (SSSR count). The van der Waals surface area contributed by atoms with E-state index in [4.69, 9.17) is 0 Å². The number of rotatable bonds is 8. The van der Waals surface area contributed by atoms with Crippen LogP contribution in [0.3, 0.4) is 0 Å². The van der Waals surface area contributed by atoms with E-state index in [1.54, 1.807) is 0 Å². The summed E-state index contributed by atoms with van der Waals surface area (Å²) in [5.41, 5.74) is 0. The van der Waals surface area contributed by atoms with Gasteiger partial charge >= 0.3 is 0 Å². The van der Waals surface area contributed by atoms with E-state index in [0.717, 1.165) is 37.9 Å². The largest absolute Gasteiger partial charge is 0.357 e. The minimum atomic E-state index is 0.638. The van der Waals surface area contributed by atoms with Gasteiger partial charge in [0.15, 0.2) is 5.96 Å². The van der Waals surface area contributed by atoms with E-state index >= 15 is 0 Å². The summed E-state index contributed by atoms with van der Waals surface area (Å²) in [5.74, 6) is 1.80. The average Bonchev–Trinajstić information content (AvgIpc) is 3.04. The normalized spacial score (nSPS) is 23.0. The molecule has 0 radical (unpaired) electrons. The lowest BCUT2D eigenvalue weighted by Gasteiger charge is -2.20. The third-order valence-electron chi connectivity index (χ3n) is 3.85. The van der Waals surface area contributed by atoms with Gasteiger partial charge in [-0.2, -0.15) is 0 Å². The Kier molecular flexibility index (Phi) is 7.21. The van der Waals surface area contributed by atoms with Gasteiger partial charge in [-0.15, -0.1) is 0 Å². The Hall–Kier alpha value is -0.770. The molecular weight excluding hydrogens is 236 g/mol. The lowest BCUT2D eigenvalue weighted by molar-refractivity contribution is 0.269. The van der Waals surface area contributed by atoms with Gasteiger partial charge in [0.1, 0.15) is 0 Å². The first kappa shape index (κ1) is 16.3. The van der Waals surface area contributed by atoms with E-state index < -0.39 is 0 Å². The van der Waals surface area contributed by atoms with E-state index in [1.807, 2.05) is 0 Å². The smallest absolute Gasteiger partial charge is 0.191 e. The van der Waals surface area contributed by atoms with Crippen molar-refractivity contribution in [1.29, 1.82) is 0 Å². The molecule has 0 bridgehead atoms. The van der Waals surface area contributed by atoms with Gasteiger partial charge in [-0.3, -0.25) is 4.99 Å². The molecule has 1 aliphatic carbocycles. The van der Waals surface area contributed by atoms with Crippen molar-refractivity contribution in [3.8, 4) is 0 Å². The first-order valence-corrected chi connectivity index (χ1v) is 7.79. The van der Waals surface area contributed by atoms with Crippen molar-refractivity contribution in [3.63, 3.8) is 0 Å². The number of nitrogens with zero attached hydrogens (tertiary/aromatic N) is 2. The molecule has 19 heavy (non-hydrogen) atoms. The number of unbranched alkanes of at least 4 members (excludes halogenated alkanes) is 1. The van der Waals surface area contributed by atoms with Crippen LogP contribution >= 0.6 is 0 Å². The highest BCUT2D eigenvalue weighted by molar-refractivity contribution is 5.80. The van der Waals surface area contributed by atoms with Gasteiger partial charge in [-0.25, -0.2) is 0 Å². The maximum absolute atomic E-state index is 4.65. The molecule has 2 atom stereocenters. The van der Waals surface area contributed by atoms with Crippen LogP contribution in [-0.2, 0) is 0 Å². The number of hydrogen-bond acceptors (Lipinski definition) is 2. The molecule has 4 nitrogen and oxygen atoms in total. The second-order valence-electron chi connectivity index (χ2n) is 6.01. The van der Waals surface area contributed by atoms with E-state index in [9.17, 15) is 0 Å². The van der Waals surface area contributed by atoms with Gasteiger partial charge in [0.2, 0.25) is 0 Å². The molecule has 1 fully saturated rings. The van der Waals surface area contributed by atoms with Gasteiger partial charge in [0, 0.05) is 25.2 Å². The molecule has 0 aliphatic heterocycles. The Morgan fingerprint density at radius 3 is 2.58 bits per heavy atom. The van der Waals surface area contributed by atoms with Crippen LogP contribution in [0, 0.1) is 5.92 Å². The zero-order chi connectivity index (χ0) is 14.3. The molecular formula is C15H32N4.